The molecular formula is C12H13N3O2. The van der Waals surface area contributed by atoms with E-state index in [0.717, 1.165) is 5.56 Å². The molecule has 0 aromatic carbocycles. The summed E-state index contributed by atoms with van der Waals surface area (Å²) in [6, 6.07) is 5.22. The van der Waals surface area contributed by atoms with Gasteiger partial charge in [-0.1, -0.05) is 0 Å². The first kappa shape index (κ1) is 11.3. The molecule has 0 saturated carbocycles. The Balaban J connectivity index is 2.51. The Morgan fingerprint density at radius 3 is 2.71 bits per heavy atom. The van der Waals surface area contributed by atoms with Gasteiger partial charge in [-0.05, 0) is 32.0 Å². The number of rotatable bonds is 3. The van der Waals surface area contributed by atoms with Crippen LogP contribution >= 0.6 is 0 Å². The van der Waals surface area contributed by atoms with Crippen molar-refractivity contribution in [3.05, 3.63) is 36.3 Å². The fourth-order valence-electron chi connectivity index (χ4n) is 1.60. The van der Waals surface area contributed by atoms with Crippen molar-refractivity contribution in [2.45, 2.75) is 19.9 Å². The van der Waals surface area contributed by atoms with E-state index in [1.807, 2.05) is 19.9 Å². The second kappa shape index (κ2) is 4.37. The van der Waals surface area contributed by atoms with Gasteiger partial charge >= 0.3 is 5.97 Å². The van der Waals surface area contributed by atoms with Crippen molar-refractivity contribution in [1.82, 2.24) is 14.8 Å². The average molecular weight is 231 g/mol. The molecule has 0 aliphatic carbocycles. The lowest BCUT2D eigenvalue weighted by Crippen LogP contribution is -2.11. The van der Waals surface area contributed by atoms with Gasteiger partial charge in [0.2, 0.25) is 0 Å². The quantitative estimate of drug-likeness (QED) is 0.879. The van der Waals surface area contributed by atoms with Gasteiger partial charge in [0.05, 0.1) is 5.69 Å². The second-order valence-corrected chi connectivity index (χ2v) is 4.00. The summed E-state index contributed by atoms with van der Waals surface area (Å²) in [5.74, 6) is -0.971. The standard InChI is InChI=1S/C12H13N3O2/c1-8(2)15-11(12(16)17)6-10(14-15)9-4-3-5-13-7-9/h3-8H,1-2H3,(H,16,17). The number of pyridine rings is 1. The molecule has 0 bridgehead atoms. The first-order valence-electron chi connectivity index (χ1n) is 5.33. The van der Waals surface area contributed by atoms with E-state index in [2.05, 4.69) is 10.1 Å². The first-order chi connectivity index (χ1) is 8.09. The van der Waals surface area contributed by atoms with E-state index in [4.69, 9.17) is 5.11 Å². The van der Waals surface area contributed by atoms with Crippen LogP contribution in [-0.2, 0) is 0 Å². The Labute approximate surface area is 98.7 Å². The van der Waals surface area contributed by atoms with Gasteiger partial charge in [-0.25, -0.2) is 4.79 Å². The zero-order chi connectivity index (χ0) is 12.4. The van der Waals surface area contributed by atoms with E-state index < -0.39 is 5.97 Å². The third kappa shape index (κ3) is 2.18. The summed E-state index contributed by atoms with van der Waals surface area (Å²) in [6.07, 6.45) is 3.33. The number of hydrogen-bond acceptors (Lipinski definition) is 3. The molecule has 0 aliphatic heterocycles. The number of aromatic carboxylic acids is 1. The van der Waals surface area contributed by atoms with Crippen LogP contribution in [0, 0.1) is 0 Å². The van der Waals surface area contributed by atoms with Crippen LogP contribution in [0.2, 0.25) is 0 Å². The van der Waals surface area contributed by atoms with Gasteiger partial charge in [0.15, 0.2) is 0 Å². The van der Waals surface area contributed by atoms with Crippen LogP contribution in [0.25, 0.3) is 11.3 Å². The highest BCUT2D eigenvalue weighted by Gasteiger charge is 2.16. The van der Waals surface area contributed by atoms with Crippen LogP contribution in [-0.4, -0.2) is 25.8 Å². The van der Waals surface area contributed by atoms with Gasteiger partial charge in [-0.15, -0.1) is 0 Å². The van der Waals surface area contributed by atoms with E-state index in [-0.39, 0.29) is 11.7 Å². The molecule has 5 heteroatoms. The summed E-state index contributed by atoms with van der Waals surface area (Å²) in [5.41, 5.74) is 1.64. The minimum Gasteiger partial charge on any atom is -0.477 e. The third-order valence-corrected chi connectivity index (χ3v) is 2.40. The molecule has 0 unspecified atom stereocenters. The number of carboxylic acids is 1. The van der Waals surface area contributed by atoms with Crippen molar-refractivity contribution < 1.29 is 9.90 Å². The number of nitrogens with zero attached hydrogens (tertiary/aromatic N) is 3. The zero-order valence-corrected chi connectivity index (χ0v) is 9.66. The fourth-order valence-corrected chi connectivity index (χ4v) is 1.60. The smallest absolute Gasteiger partial charge is 0.354 e. The lowest BCUT2D eigenvalue weighted by molar-refractivity contribution is 0.0681. The molecule has 5 nitrogen and oxygen atoms in total. The molecule has 2 aromatic heterocycles. The molecule has 0 fully saturated rings. The zero-order valence-electron chi connectivity index (χ0n) is 9.66. The average Bonchev–Trinajstić information content (AvgIpc) is 2.75. The van der Waals surface area contributed by atoms with Gasteiger partial charge in [-0.3, -0.25) is 9.67 Å². The predicted octanol–water partition coefficient (Wildman–Crippen LogP) is 2.22. The lowest BCUT2D eigenvalue weighted by atomic mass is 10.2. The third-order valence-electron chi connectivity index (χ3n) is 2.40. The van der Waals surface area contributed by atoms with Crippen LogP contribution in [0.4, 0.5) is 0 Å². The van der Waals surface area contributed by atoms with Crippen LogP contribution in [0.15, 0.2) is 30.6 Å². The Morgan fingerprint density at radius 2 is 2.24 bits per heavy atom. The maximum Gasteiger partial charge on any atom is 0.354 e. The van der Waals surface area contributed by atoms with Gasteiger partial charge in [0.1, 0.15) is 5.69 Å². The molecule has 17 heavy (non-hydrogen) atoms. The Hall–Kier alpha value is -2.17. The number of carboxylic acid groups (broad SMARTS) is 1. The highest BCUT2D eigenvalue weighted by Crippen LogP contribution is 2.20. The van der Waals surface area contributed by atoms with Gasteiger partial charge in [-0.2, -0.15) is 5.10 Å². The molecule has 0 aliphatic rings. The molecule has 1 N–H and O–H groups in total. The summed E-state index contributed by atoms with van der Waals surface area (Å²) in [6.45, 7) is 3.79. The highest BCUT2D eigenvalue weighted by molar-refractivity contribution is 5.87. The van der Waals surface area contributed by atoms with Crippen molar-refractivity contribution >= 4 is 5.97 Å². The normalized spacial score (nSPS) is 10.8. The number of aromatic nitrogens is 3. The van der Waals surface area contributed by atoms with Crippen LogP contribution < -0.4 is 0 Å². The van der Waals surface area contributed by atoms with Crippen molar-refractivity contribution in [3.8, 4) is 11.3 Å². The lowest BCUT2D eigenvalue weighted by Gasteiger charge is -2.07. The van der Waals surface area contributed by atoms with Gasteiger partial charge in [0.25, 0.3) is 0 Å². The van der Waals surface area contributed by atoms with Crippen LogP contribution in [0.5, 0.6) is 0 Å². The largest absolute Gasteiger partial charge is 0.477 e. The molecular weight excluding hydrogens is 218 g/mol. The Kier molecular flexibility index (Phi) is 2.91. The summed E-state index contributed by atoms with van der Waals surface area (Å²) in [5, 5.41) is 13.4. The summed E-state index contributed by atoms with van der Waals surface area (Å²) >= 11 is 0. The number of carbonyl (C=O) groups is 1. The van der Waals surface area contributed by atoms with E-state index in [0.29, 0.717) is 5.69 Å². The SMILES string of the molecule is CC(C)n1nc(-c2cccnc2)cc1C(=O)O. The fraction of sp³-hybridized carbons (Fsp3) is 0.250. The molecule has 0 radical (unpaired) electrons. The van der Waals surface area contributed by atoms with Crippen molar-refractivity contribution in [2.24, 2.45) is 0 Å². The molecule has 0 spiro atoms. The molecule has 88 valence electrons. The maximum absolute atomic E-state index is 11.1. The van der Waals surface area contributed by atoms with Crippen molar-refractivity contribution in [2.75, 3.05) is 0 Å². The highest BCUT2D eigenvalue weighted by atomic mass is 16.4. The minimum atomic E-state index is -0.971. The molecule has 0 atom stereocenters. The summed E-state index contributed by atoms with van der Waals surface area (Å²) in [7, 11) is 0. The number of hydrogen-bond donors (Lipinski definition) is 1. The second-order valence-electron chi connectivity index (χ2n) is 4.00. The van der Waals surface area contributed by atoms with Crippen LogP contribution in [0.1, 0.15) is 30.4 Å². The topological polar surface area (TPSA) is 68.0 Å². The minimum absolute atomic E-state index is 0.00604. The van der Waals surface area contributed by atoms with Gasteiger partial charge in [0, 0.05) is 24.0 Å². The van der Waals surface area contributed by atoms with Gasteiger partial charge < -0.3 is 5.11 Å². The van der Waals surface area contributed by atoms with Crippen LogP contribution in [0.3, 0.4) is 0 Å². The Morgan fingerprint density at radius 1 is 1.47 bits per heavy atom. The molecule has 2 rings (SSSR count). The maximum atomic E-state index is 11.1. The van der Waals surface area contributed by atoms with Crippen molar-refractivity contribution in [1.29, 1.82) is 0 Å². The van der Waals surface area contributed by atoms with E-state index in [9.17, 15) is 4.79 Å². The summed E-state index contributed by atoms with van der Waals surface area (Å²) in [4.78, 5) is 15.1. The van der Waals surface area contributed by atoms with Crippen molar-refractivity contribution in [3.63, 3.8) is 0 Å². The Bertz CT molecular complexity index is 532. The molecule has 2 heterocycles. The monoisotopic (exact) mass is 231 g/mol. The molecule has 0 amide bonds. The first-order valence-corrected chi connectivity index (χ1v) is 5.33. The summed E-state index contributed by atoms with van der Waals surface area (Å²) < 4.78 is 1.50. The van der Waals surface area contributed by atoms with E-state index >= 15 is 0 Å². The predicted molar refractivity (Wildman–Crippen MR) is 62.8 cm³/mol. The van der Waals surface area contributed by atoms with E-state index in [1.54, 1.807) is 24.5 Å². The molecule has 2 aromatic rings. The van der Waals surface area contributed by atoms with E-state index in [1.165, 1.54) is 4.68 Å². The molecule has 0 saturated heterocycles.